The topological polar surface area (TPSA) is 38.0 Å². The maximum absolute atomic E-state index is 10.8. The summed E-state index contributed by atoms with van der Waals surface area (Å²) < 4.78 is 1.82. The molecule has 1 aromatic heterocycles. The third-order valence-electron chi connectivity index (χ3n) is 3.76. The molecule has 1 heterocycles. The molecule has 1 aliphatic rings. The predicted octanol–water partition coefficient (Wildman–Crippen LogP) is 2.95. The van der Waals surface area contributed by atoms with Gasteiger partial charge < -0.3 is 5.11 Å². The molecular formula is C12H19ClN2O. The number of rotatable bonds is 2. The van der Waals surface area contributed by atoms with Gasteiger partial charge in [-0.25, -0.2) is 0 Å². The lowest BCUT2D eigenvalue weighted by molar-refractivity contribution is -0.0538. The van der Waals surface area contributed by atoms with Crippen molar-refractivity contribution in [3.8, 4) is 0 Å². The van der Waals surface area contributed by atoms with Crippen LogP contribution in [0.1, 0.15) is 45.2 Å². The molecule has 0 spiro atoms. The van der Waals surface area contributed by atoms with Crippen LogP contribution in [0.25, 0.3) is 0 Å². The minimum atomic E-state index is -0.790. The first-order chi connectivity index (χ1) is 7.59. The first-order valence-corrected chi connectivity index (χ1v) is 6.41. The second-order valence-electron chi connectivity index (χ2n) is 4.73. The summed E-state index contributed by atoms with van der Waals surface area (Å²) in [6, 6.07) is 0. The molecule has 0 amide bonds. The molecule has 90 valence electrons. The molecule has 1 fully saturated rings. The van der Waals surface area contributed by atoms with E-state index >= 15 is 0 Å². The van der Waals surface area contributed by atoms with E-state index in [1.54, 1.807) is 6.20 Å². The minimum absolute atomic E-state index is 0.251. The first-order valence-electron chi connectivity index (χ1n) is 6.03. The lowest BCUT2D eigenvalue weighted by atomic mass is 9.74. The fraction of sp³-hybridized carbons (Fsp3) is 0.750. The van der Waals surface area contributed by atoms with Crippen LogP contribution in [0.15, 0.2) is 6.20 Å². The molecule has 1 N–H and O–H groups in total. The number of halogens is 1. The Kier molecular flexibility index (Phi) is 3.27. The number of aliphatic hydroxyl groups is 1. The lowest BCUT2D eigenvalue weighted by Gasteiger charge is -2.38. The predicted molar refractivity (Wildman–Crippen MR) is 64.4 cm³/mol. The molecule has 1 aromatic rings. The van der Waals surface area contributed by atoms with E-state index in [1.165, 1.54) is 6.42 Å². The second kappa shape index (κ2) is 4.38. The molecule has 16 heavy (non-hydrogen) atoms. The van der Waals surface area contributed by atoms with Crippen molar-refractivity contribution in [2.24, 2.45) is 5.92 Å². The van der Waals surface area contributed by atoms with Gasteiger partial charge in [0.05, 0.1) is 16.9 Å². The van der Waals surface area contributed by atoms with E-state index in [2.05, 4.69) is 12.0 Å². The van der Waals surface area contributed by atoms with Gasteiger partial charge in [0.25, 0.3) is 0 Å². The molecule has 0 aliphatic heterocycles. The summed E-state index contributed by atoms with van der Waals surface area (Å²) in [7, 11) is 0. The van der Waals surface area contributed by atoms with E-state index in [1.807, 2.05) is 11.6 Å². The standard InChI is InChI=1S/C12H19ClN2O/c1-3-15-11(10(13)8-14-15)12(16)7-5-4-6-9(12)2/h8-9,16H,3-7H2,1-2H3. The van der Waals surface area contributed by atoms with E-state index in [0.717, 1.165) is 31.5 Å². The van der Waals surface area contributed by atoms with Gasteiger partial charge in [-0.05, 0) is 25.7 Å². The molecule has 1 saturated carbocycles. The molecular weight excluding hydrogens is 224 g/mol. The van der Waals surface area contributed by atoms with E-state index < -0.39 is 5.60 Å². The van der Waals surface area contributed by atoms with Crippen molar-refractivity contribution in [2.45, 2.75) is 51.7 Å². The normalized spacial score (nSPS) is 30.6. The van der Waals surface area contributed by atoms with Crippen LogP contribution in [0, 0.1) is 5.92 Å². The third kappa shape index (κ3) is 1.76. The summed E-state index contributed by atoms with van der Waals surface area (Å²) in [6.07, 6.45) is 5.74. The van der Waals surface area contributed by atoms with Crippen molar-refractivity contribution in [3.05, 3.63) is 16.9 Å². The van der Waals surface area contributed by atoms with Crippen LogP contribution in [0.3, 0.4) is 0 Å². The molecule has 0 aromatic carbocycles. The average Bonchev–Trinajstić information content (AvgIpc) is 2.64. The fourth-order valence-corrected chi connectivity index (χ4v) is 3.02. The van der Waals surface area contributed by atoms with E-state index in [-0.39, 0.29) is 5.92 Å². The molecule has 3 nitrogen and oxygen atoms in total. The van der Waals surface area contributed by atoms with Gasteiger partial charge in [-0.2, -0.15) is 5.10 Å². The minimum Gasteiger partial charge on any atom is -0.383 e. The van der Waals surface area contributed by atoms with Crippen LogP contribution in [0.2, 0.25) is 5.02 Å². The smallest absolute Gasteiger partial charge is 0.110 e. The van der Waals surface area contributed by atoms with Crippen LogP contribution in [0.5, 0.6) is 0 Å². The maximum atomic E-state index is 10.8. The zero-order chi connectivity index (χ0) is 11.8. The summed E-state index contributed by atoms with van der Waals surface area (Å²) in [5, 5.41) is 15.7. The van der Waals surface area contributed by atoms with Crippen molar-refractivity contribution < 1.29 is 5.11 Å². The molecule has 1 aliphatic carbocycles. The average molecular weight is 243 g/mol. The summed E-state index contributed by atoms with van der Waals surface area (Å²) >= 11 is 6.17. The second-order valence-corrected chi connectivity index (χ2v) is 5.14. The van der Waals surface area contributed by atoms with Gasteiger partial charge in [0, 0.05) is 6.54 Å². The Labute approximate surface area is 101 Å². The Morgan fingerprint density at radius 3 is 3.00 bits per heavy atom. The molecule has 2 rings (SSSR count). The zero-order valence-corrected chi connectivity index (χ0v) is 10.7. The number of aromatic nitrogens is 2. The maximum Gasteiger partial charge on any atom is 0.110 e. The van der Waals surface area contributed by atoms with Gasteiger partial charge in [-0.1, -0.05) is 31.4 Å². The van der Waals surface area contributed by atoms with Crippen LogP contribution >= 0.6 is 11.6 Å². The fourth-order valence-electron chi connectivity index (χ4n) is 2.71. The molecule has 0 bridgehead atoms. The van der Waals surface area contributed by atoms with Crippen LogP contribution in [0.4, 0.5) is 0 Å². The van der Waals surface area contributed by atoms with E-state index in [4.69, 9.17) is 11.6 Å². The highest BCUT2D eigenvalue weighted by Crippen LogP contribution is 2.43. The van der Waals surface area contributed by atoms with Gasteiger partial charge in [-0.15, -0.1) is 0 Å². The summed E-state index contributed by atoms with van der Waals surface area (Å²) in [6.45, 7) is 4.86. The van der Waals surface area contributed by atoms with Gasteiger partial charge >= 0.3 is 0 Å². The molecule has 0 saturated heterocycles. The molecule has 4 heteroatoms. The first kappa shape index (κ1) is 11.9. The van der Waals surface area contributed by atoms with Gasteiger partial charge in [0.15, 0.2) is 0 Å². The Morgan fingerprint density at radius 2 is 2.38 bits per heavy atom. The number of nitrogens with zero attached hydrogens (tertiary/aromatic N) is 2. The monoisotopic (exact) mass is 242 g/mol. The third-order valence-corrected chi connectivity index (χ3v) is 4.04. The van der Waals surface area contributed by atoms with Crippen LogP contribution < -0.4 is 0 Å². The highest BCUT2D eigenvalue weighted by atomic mass is 35.5. The number of aryl methyl sites for hydroxylation is 1. The van der Waals surface area contributed by atoms with Crippen molar-refractivity contribution in [1.82, 2.24) is 9.78 Å². The van der Waals surface area contributed by atoms with Gasteiger partial charge in [0.2, 0.25) is 0 Å². The van der Waals surface area contributed by atoms with Crippen molar-refractivity contribution >= 4 is 11.6 Å². The summed E-state index contributed by atoms with van der Waals surface area (Å²) in [5.41, 5.74) is 0.0193. The largest absolute Gasteiger partial charge is 0.383 e. The lowest BCUT2D eigenvalue weighted by Crippen LogP contribution is -2.38. The summed E-state index contributed by atoms with van der Waals surface area (Å²) in [4.78, 5) is 0. The number of hydrogen-bond donors (Lipinski definition) is 1. The van der Waals surface area contributed by atoms with E-state index in [9.17, 15) is 5.11 Å². The van der Waals surface area contributed by atoms with Crippen molar-refractivity contribution in [3.63, 3.8) is 0 Å². The SMILES string of the molecule is CCn1ncc(Cl)c1C1(O)CCCCC1C. The van der Waals surface area contributed by atoms with Gasteiger partial charge in [-0.3, -0.25) is 4.68 Å². The van der Waals surface area contributed by atoms with Crippen molar-refractivity contribution in [2.75, 3.05) is 0 Å². The van der Waals surface area contributed by atoms with Gasteiger partial charge in [0.1, 0.15) is 5.60 Å². The Hall–Kier alpha value is -0.540. The zero-order valence-electron chi connectivity index (χ0n) is 9.91. The highest BCUT2D eigenvalue weighted by Gasteiger charge is 2.41. The summed E-state index contributed by atoms with van der Waals surface area (Å²) in [5.74, 6) is 0.251. The quantitative estimate of drug-likeness (QED) is 0.866. The molecule has 2 unspecified atom stereocenters. The Morgan fingerprint density at radius 1 is 1.62 bits per heavy atom. The van der Waals surface area contributed by atoms with Crippen LogP contribution in [-0.4, -0.2) is 14.9 Å². The van der Waals surface area contributed by atoms with E-state index in [0.29, 0.717) is 5.02 Å². The van der Waals surface area contributed by atoms with Crippen LogP contribution in [-0.2, 0) is 12.1 Å². The number of hydrogen-bond acceptors (Lipinski definition) is 2. The molecule has 2 atom stereocenters. The highest BCUT2D eigenvalue weighted by molar-refractivity contribution is 6.31. The Bertz CT molecular complexity index is 377. The molecule has 0 radical (unpaired) electrons. The van der Waals surface area contributed by atoms with Crippen molar-refractivity contribution in [1.29, 1.82) is 0 Å². The Balaban J connectivity index is 2.44.